The van der Waals surface area contributed by atoms with Crippen molar-refractivity contribution >= 4 is 57.7 Å². The molecule has 5 rings (SSSR count). The number of amides is 1. The fourth-order valence-corrected chi connectivity index (χ4v) is 6.34. The van der Waals surface area contributed by atoms with Crippen molar-refractivity contribution in [3.63, 3.8) is 0 Å². The minimum atomic E-state index is -0.238. The van der Waals surface area contributed by atoms with Crippen molar-refractivity contribution in [2.75, 3.05) is 20.8 Å². The molecule has 7 nitrogen and oxygen atoms in total. The number of rotatable bonds is 8. The van der Waals surface area contributed by atoms with Crippen LogP contribution in [-0.2, 0) is 11.2 Å². The van der Waals surface area contributed by atoms with Gasteiger partial charge in [0.05, 0.1) is 24.7 Å². The number of aryl methyl sites for hydroxylation is 1. The van der Waals surface area contributed by atoms with Crippen LogP contribution in [0.2, 0.25) is 0 Å². The van der Waals surface area contributed by atoms with Crippen LogP contribution in [0.15, 0.2) is 86.5 Å². The Morgan fingerprint density at radius 1 is 1.03 bits per heavy atom. The van der Waals surface area contributed by atoms with Gasteiger partial charge in [-0.1, -0.05) is 66.1 Å². The number of aromatic nitrogens is 2. The summed E-state index contributed by atoms with van der Waals surface area (Å²) >= 11 is 8.14. The number of pyridine rings is 1. The van der Waals surface area contributed by atoms with E-state index in [9.17, 15) is 9.59 Å². The van der Waals surface area contributed by atoms with Crippen LogP contribution >= 0.6 is 35.7 Å². The van der Waals surface area contributed by atoms with E-state index in [0.29, 0.717) is 49.9 Å². The van der Waals surface area contributed by atoms with Crippen molar-refractivity contribution in [3.05, 3.63) is 98.8 Å². The lowest BCUT2D eigenvalue weighted by Gasteiger charge is -2.15. The minimum absolute atomic E-state index is 0.227. The molecule has 1 aliphatic rings. The van der Waals surface area contributed by atoms with Gasteiger partial charge in [0, 0.05) is 17.6 Å². The summed E-state index contributed by atoms with van der Waals surface area (Å²) in [6.45, 7) is 2.32. The average Bonchev–Trinajstić information content (AvgIpc) is 3.21. The van der Waals surface area contributed by atoms with Crippen molar-refractivity contribution in [1.29, 1.82) is 0 Å². The van der Waals surface area contributed by atoms with E-state index in [1.807, 2.05) is 67.6 Å². The highest BCUT2D eigenvalue weighted by molar-refractivity contribution is 8.26. The van der Waals surface area contributed by atoms with E-state index in [4.69, 9.17) is 26.7 Å². The average molecular weight is 576 g/mol. The lowest BCUT2D eigenvalue weighted by atomic mass is 10.1. The summed E-state index contributed by atoms with van der Waals surface area (Å²) in [7, 11) is 3.18. The molecule has 1 fully saturated rings. The number of carbonyl (C=O) groups excluding carboxylic acids is 1. The van der Waals surface area contributed by atoms with Crippen molar-refractivity contribution in [1.82, 2.24) is 14.3 Å². The molecule has 198 valence electrons. The first-order chi connectivity index (χ1) is 18.9. The zero-order valence-electron chi connectivity index (χ0n) is 21.5. The molecule has 0 atom stereocenters. The Bertz CT molecular complexity index is 1670. The summed E-state index contributed by atoms with van der Waals surface area (Å²) < 4.78 is 12.7. The maximum absolute atomic E-state index is 13.6. The third-order valence-electron chi connectivity index (χ3n) is 6.15. The molecule has 0 spiro atoms. The highest BCUT2D eigenvalue weighted by Gasteiger charge is 2.32. The van der Waals surface area contributed by atoms with E-state index in [1.54, 1.807) is 31.4 Å². The van der Waals surface area contributed by atoms with Crippen LogP contribution in [0.25, 0.3) is 11.7 Å². The molecule has 1 amide bonds. The van der Waals surface area contributed by atoms with Gasteiger partial charge in [0.25, 0.3) is 11.5 Å². The van der Waals surface area contributed by atoms with Gasteiger partial charge in [-0.3, -0.25) is 18.9 Å². The molecule has 10 heteroatoms. The normalized spacial score (nSPS) is 14.4. The number of methoxy groups -OCH3 is 2. The van der Waals surface area contributed by atoms with Crippen molar-refractivity contribution in [2.45, 2.75) is 23.3 Å². The Morgan fingerprint density at radius 2 is 1.79 bits per heavy atom. The Kier molecular flexibility index (Phi) is 8.06. The molecule has 1 saturated heterocycles. The molecule has 2 aromatic heterocycles. The molecule has 39 heavy (non-hydrogen) atoms. The minimum Gasteiger partial charge on any atom is -0.493 e. The van der Waals surface area contributed by atoms with Gasteiger partial charge in [-0.2, -0.15) is 0 Å². The SMILES string of the molecule is COc1ccc(CCN2C(=O)C(=Cc3c(Sc4ccccc4)nc4ccc(C)cn4c3=O)SC2=S)cc1OC. The number of thiocarbonyl (C=S) groups is 1. The Morgan fingerprint density at radius 3 is 2.54 bits per heavy atom. The van der Waals surface area contributed by atoms with E-state index < -0.39 is 0 Å². The Labute approximate surface area is 239 Å². The summed E-state index contributed by atoms with van der Waals surface area (Å²) in [6.07, 6.45) is 3.97. The number of fused-ring (bicyclic) bond motifs is 1. The summed E-state index contributed by atoms with van der Waals surface area (Å²) in [5.74, 6) is 1.04. The Hall–Kier alpha value is -3.60. The molecule has 0 bridgehead atoms. The third kappa shape index (κ3) is 5.73. The van der Waals surface area contributed by atoms with Crippen molar-refractivity contribution < 1.29 is 14.3 Å². The maximum Gasteiger partial charge on any atom is 0.266 e. The second-order valence-electron chi connectivity index (χ2n) is 8.76. The van der Waals surface area contributed by atoms with Gasteiger partial charge in [0.2, 0.25) is 0 Å². The van der Waals surface area contributed by atoms with Crippen LogP contribution in [0.5, 0.6) is 11.5 Å². The largest absolute Gasteiger partial charge is 0.493 e. The molecule has 0 unspecified atom stereocenters. The number of thioether (sulfide) groups is 1. The molecular weight excluding hydrogens is 551 g/mol. The molecule has 3 heterocycles. The molecule has 0 radical (unpaired) electrons. The van der Waals surface area contributed by atoms with Gasteiger partial charge >= 0.3 is 0 Å². The van der Waals surface area contributed by atoms with Crippen LogP contribution in [0.3, 0.4) is 0 Å². The van der Waals surface area contributed by atoms with Crippen LogP contribution in [-0.4, -0.2) is 45.3 Å². The second kappa shape index (κ2) is 11.6. The predicted octanol–water partition coefficient (Wildman–Crippen LogP) is 5.62. The van der Waals surface area contributed by atoms with Gasteiger partial charge in [0.15, 0.2) is 11.5 Å². The van der Waals surface area contributed by atoms with Crippen molar-refractivity contribution in [2.24, 2.45) is 0 Å². The quantitative estimate of drug-likeness (QED) is 0.152. The number of hydrogen-bond acceptors (Lipinski definition) is 8. The maximum atomic E-state index is 13.6. The zero-order chi connectivity index (χ0) is 27.5. The zero-order valence-corrected chi connectivity index (χ0v) is 24.0. The van der Waals surface area contributed by atoms with Gasteiger partial charge in [-0.15, -0.1) is 0 Å². The molecule has 0 aliphatic carbocycles. The van der Waals surface area contributed by atoms with E-state index in [0.717, 1.165) is 16.0 Å². The van der Waals surface area contributed by atoms with Crippen molar-refractivity contribution in [3.8, 4) is 11.5 Å². The summed E-state index contributed by atoms with van der Waals surface area (Å²) in [6, 6.07) is 19.1. The van der Waals surface area contributed by atoms with Crippen LogP contribution in [0.1, 0.15) is 16.7 Å². The number of nitrogens with zero attached hydrogens (tertiary/aromatic N) is 3. The monoisotopic (exact) mass is 575 g/mol. The molecule has 4 aromatic rings. The fraction of sp³-hybridized carbons (Fsp3) is 0.172. The third-order valence-corrected chi connectivity index (χ3v) is 8.54. The smallest absolute Gasteiger partial charge is 0.266 e. The van der Waals surface area contributed by atoms with E-state index in [2.05, 4.69) is 0 Å². The van der Waals surface area contributed by atoms with E-state index in [-0.39, 0.29) is 11.5 Å². The standard InChI is InChI=1S/C29H25N3O4S3/c1-18-9-12-25-30-26(38-20-7-5-4-6-8-20)21(27(33)32(25)17-18)16-24-28(34)31(29(37)39-24)14-13-19-10-11-22(35-2)23(15-19)36-3/h4-12,15-17H,13-14H2,1-3H3. The van der Waals surface area contributed by atoms with Gasteiger partial charge in [-0.05, 0) is 60.9 Å². The molecule has 2 aromatic carbocycles. The van der Waals surface area contributed by atoms with E-state index in [1.165, 1.54) is 27.9 Å². The first-order valence-electron chi connectivity index (χ1n) is 12.1. The highest BCUT2D eigenvalue weighted by Crippen LogP contribution is 2.35. The first kappa shape index (κ1) is 27.0. The number of hydrogen-bond donors (Lipinski definition) is 0. The molecule has 0 N–H and O–H groups in total. The van der Waals surface area contributed by atoms with Gasteiger partial charge < -0.3 is 9.47 Å². The predicted molar refractivity (Wildman–Crippen MR) is 160 cm³/mol. The van der Waals surface area contributed by atoms with Crippen LogP contribution in [0, 0.1) is 6.92 Å². The topological polar surface area (TPSA) is 73.1 Å². The fourth-order valence-electron chi connectivity index (χ4n) is 4.14. The highest BCUT2D eigenvalue weighted by atomic mass is 32.2. The lowest BCUT2D eigenvalue weighted by Crippen LogP contribution is -2.30. The molecular formula is C29H25N3O4S3. The number of benzene rings is 2. The first-order valence-corrected chi connectivity index (χ1v) is 14.1. The molecule has 0 saturated carbocycles. The summed E-state index contributed by atoms with van der Waals surface area (Å²) in [4.78, 5) is 34.8. The summed E-state index contributed by atoms with van der Waals surface area (Å²) in [5, 5.41) is 0.533. The van der Waals surface area contributed by atoms with Crippen LogP contribution in [0.4, 0.5) is 0 Å². The summed E-state index contributed by atoms with van der Waals surface area (Å²) in [5.41, 5.74) is 2.58. The number of ether oxygens (including phenoxy) is 2. The second-order valence-corrected chi connectivity index (χ2v) is 11.5. The van der Waals surface area contributed by atoms with Crippen LogP contribution < -0.4 is 15.0 Å². The van der Waals surface area contributed by atoms with Gasteiger partial charge in [-0.25, -0.2) is 4.98 Å². The lowest BCUT2D eigenvalue weighted by molar-refractivity contribution is -0.122. The molecule has 1 aliphatic heterocycles. The Balaban J connectivity index is 1.46. The number of carbonyl (C=O) groups is 1. The van der Waals surface area contributed by atoms with Gasteiger partial charge in [0.1, 0.15) is 15.0 Å². The van der Waals surface area contributed by atoms with E-state index >= 15 is 0 Å².